The van der Waals surface area contributed by atoms with Gasteiger partial charge in [0.05, 0.1) is 12.3 Å². The lowest BCUT2D eigenvalue weighted by molar-refractivity contribution is -0.144. The number of carbonyl (C=O) groups is 1. The fraction of sp³-hybridized carbons (Fsp3) is 0.500. The number of carbonyl (C=O) groups excluding carboxylic acids is 1. The molecule has 1 aliphatic rings. The van der Waals surface area contributed by atoms with Crippen LogP contribution in [0.5, 0.6) is 0 Å². The molecule has 0 radical (unpaired) electrons. The lowest BCUT2D eigenvalue weighted by Gasteiger charge is -2.27. The summed E-state index contributed by atoms with van der Waals surface area (Å²) in [5.41, 5.74) is 0.544. The SMILES string of the molecule is CCOC(=O)C1CCCN1c1ccccc1S(=O)(=O)NC. The van der Waals surface area contributed by atoms with Gasteiger partial charge in [-0.2, -0.15) is 0 Å². The first-order valence-corrected chi connectivity index (χ1v) is 8.45. The number of esters is 1. The molecule has 0 aromatic heterocycles. The predicted octanol–water partition coefficient (Wildman–Crippen LogP) is 1.13. The number of nitrogens with one attached hydrogen (secondary N) is 1. The number of rotatable bonds is 5. The maximum atomic E-state index is 12.1. The molecule has 1 saturated heterocycles. The van der Waals surface area contributed by atoms with Crippen molar-refractivity contribution in [2.45, 2.75) is 30.7 Å². The Balaban J connectivity index is 2.40. The van der Waals surface area contributed by atoms with Gasteiger partial charge in [0.1, 0.15) is 10.9 Å². The molecule has 1 aromatic rings. The van der Waals surface area contributed by atoms with Gasteiger partial charge >= 0.3 is 5.97 Å². The van der Waals surface area contributed by atoms with Crippen LogP contribution in [0.15, 0.2) is 29.2 Å². The Labute approximate surface area is 125 Å². The predicted molar refractivity (Wildman–Crippen MR) is 79.7 cm³/mol. The van der Waals surface area contributed by atoms with Crippen LogP contribution in [0, 0.1) is 0 Å². The third-order valence-electron chi connectivity index (χ3n) is 3.54. The Hall–Kier alpha value is -1.60. The number of nitrogens with zero attached hydrogens (tertiary/aromatic N) is 1. The van der Waals surface area contributed by atoms with E-state index in [0.717, 1.165) is 6.42 Å². The van der Waals surface area contributed by atoms with E-state index in [1.54, 1.807) is 31.2 Å². The summed E-state index contributed by atoms with van der Waals surface area (Å²) >= 11 is 0. The Kier molecular flexibility index (Phi) is 4.84. The molecule has 116 valence electrons. The molecule has 0 aliphatic carbocycles. The third-order valence-corrected chi connectivity index (χ3v) is 5.01. The summed E-state index contributed by atoms with van der Waals surface area (Å²) in [6.45, 7) is 2.72. The number of benzene rings is 1. The fourth-order valence-corrected chi connectivity index (χ4v) is 3.51. The van der Waals surface area contributed by atoms with Crippen LogP contribution in [0.3, 0.4) is 0 Å². The number of anilines is 1. The number of para-hydroxylation sites is 1. The molecular formula is C14H20N2O4S. The second-order valence-corrected chi connectivity index (χ2v) is 6.63. The van der Waals surface area contributed by atoms with Crippen LogP contribution >= 0.6 is 0 Å². The van der Waals surface area contributed by atoms with Crippen molar-refractivity contribution in [3.05, 3.63) is 24.3 Å². The van der Waals surface area contributed by atoms with Crippen molar-refractivity contribution in [3.63, 3.8) is 0 Å². The van der Waals surface area contributed by atoms with E-state index in [1.165, 1.54) is 7.05 Å². The minimum Gasteiger partial charge on any atom is -0.464 e. The van der Waals surface area contributed by atoms with Crippen LogP contribution in [0.25, 0.3) is 0 Å². The summed E-state index contributed by atoms with van der Waals surface area (Å²) in [6.07, 6.45) is 1.50. The molecule has 1 unspecified atom stereocenters. The van der Waals surface area contributed by atoms with E-state index in [-0.39, 0.29) is 10.9 Å². The lowest BCUT2D eigenvalue weighted by atomic mass is 10.2. The van der Waals surface area contributed by atoms with E-state index in [4.69, 9.17) is 4.74 Å². The second-order valence-electron chi connectivity index (χ2n) is 4.78. The van der Waals surface area contributed by atoms with Gasteiger partial charge in [0.2, 0.25) is 10.0 Å². The van der Waals surface area contributed by atoms with Gasteiger partial charge in [0.25, 0.3) is 0 Å². The quantitative estimate of drug-likeness (QED) is 0.825. The first-order valence-electron chi connectivity index (χ1n) is 6.97. The van der Waals surface area contributed by atoms with Gasteiger partial charge in [0.15, 0.2) is 0 Å². The molecule has 2 rings (SSSR count). The lowest BCUT2D eigenvalue weighted by Crippen LogP contribution is -2.38. The van der Waals surface area contributed by atoms with Gasteiger partial charge in [-0.05, 0) is 38.9 Å². The molecule has 1 fully saturated rings. The molecule has 0 saturated carbocycles. The van der Waals surface area contributed by atoms with Crippen LogP contribution in [0.1, 0.15) is 19.8 Å². The van der Waals surface area contributed by atoms with Crippen molar-refractivity contribution in [2.24, 2.45) is 0 Å². The highest BCUT2D eigenvalue weighted by molar-refractivity contribution is 7.89. The topological polar surface area (TPSA) is 75.7 Å². The Morgan fingerprint density at radius 3 is 2.81 bits per heavy atom. The highest BCUT2D eigenvalue weighted by atomic mass is 32.2. The van der Waals surface area contributed by atoms with Crippen molar-refractivity contribution in [1.29, 1.82) is 0 Å². The van der Waals surface area contributed by atoms with Gasteiger partial charge in [0, 0.05) is 6.54 Å². The maximum absolute atomic E-state index is 12.1. The van der Waals surface area contributed by atoms with E-state index >= 15 is 0 Å². The first-order chi connectivity index (χ1) is 10.0. The smallest absolute Gasteiger partial charge is 0.328 e. The number of hydrogen-bond donors (Lipinski definition) is 1. The summed E-state index contributed by atoms with van der Waals surface area (Å²) in [5.74, 6) is -0.299. The summed E-state index contributed by atoms with van der Waals surface area (Å²) in [4.78, 5) is 14.0. The molecule has 0 bridgehead atoms. The minimum atomic E-state index is -3.57. The monoisotopic (exact) mass is 312 g/mol. The standard InChI is InChI=1S/C14H20N2O4S/c1-3-20-14(17)12-8-6-10-16(12)11-7-4-5-9-13(11)21(18,19)15-2/h4-5,7,9,12,15H,3,6,8,10H2,1-2H3. The molecule has 21 heavy (non-hydrogen) atoms. The average Bonchev–Trinajstić information content (AvgIpc) is 2.97. The zero-order valence-corrected chi connectivity index (χ0v) is 13.0. The van der Waals surface area contributed by atoms with Crippen molar-refractivity contribution in [1.82, 2.24) is 4.72 Å². The van der Waals surface area contributed by atoms with Crippen LogP contribution in [-0.2, 0) is 19.6 Å². The molecule has 1 N–H and O–H groups in total. The Bertz CT molecular complexity index is 615. The number of sulfonamides is 1. The van der Waals surface area contributed by atoms with Gasteiger partial charge in [-0.1, -0.05) is 12.1 Å². The highest BCUT2D eigenvalue weighted by Gasteiger charge is 2.34. The van der Waals surface area contributed by atoms with Gasteiger partial charge in [-0.15, -0.1) is 0 Å². The van der Waals surface area contributed by atoms with Gasteiger partial charge in [-0.25, -0.2) is 17.9 Å². The molecule has 1 atom stereocenters. The molecule has 6 nitrogen and oxygen atoms in total. The largest absolute Gasteiger partial charge is 0.464 e. The van der Waals surface area contributed by atoms with E-state index in [0.29, 0.717) is 25.3 Å². The van der Waals surface area contributed by atoms with Crippen molar-refractivity contribution < 1.29 is 17.9 Å². The molecule has 7 heteroatoms. The Morgan fingerprint density at radius 2 is 2.14 bits per heavy atom. The van der Waals surface area contributed by atoms with E-state index in [2.05, 4.69) is 4.72 Å². The van der Waals surface area contributed by atoms with Crippen LogP contribution < -0.4 is 9.62 Å². The number of hydrogen-bond acceptors (Lipinski definition) is 5. The second kappa shape index (κ2) is 6.44. The summed E-state index contributed by atoms with van der Waals surface area (Å²) in [7, 11) is -2.20. The highest BCUT2D eigenvalue weighted by Crippen LogP contribution is 2.31. The molecule has 1 aromatic carbocycles. The van der Waals surface area contributed by atoms with Crippen LogP contribution in [0.4, 0.5) is 5.69 Å². The molecule has 1 aliphatic heterocycles. The summed E-state index contributed by atoms with van der Waals surface area (Å²) in [5, 5.41) is 0. The fourth-order valence-electron chi connectivity index (χ4n) is 2.57. The number of ether oxygens (including phenoxy) is 1. The van der Waals surface area contributed by atoms with Crippen LogP contribution in [0.2, 0.25) is 0 Å². The third kappa shape index (κ3) is 3.19. The van der Waals surface area contributed by atoms with Crippen molar-refractivity contribution in [2.75, 3.05) is 25.1 Å². The minimum absolute atomic E-state index is 0.184. The summed E-state index contributed by atoms with van der Waals surface area (Å²) in [6, 6.07) is 6.29. The molecule has 0 spiro atoms. The normalized spacial score (nSPS) is 18.8. The van der Waals surface area contributed by atoms with Crippen LogP contribution in [-0.4, -0.2) is 40.6 Å². The molecule has 0 amide bonds. The van der Waals surface area contributed by atoms with E-state index in [1.807, 2.05) is 4.90 Å². The maximum Gasteiger partial charge on any atom is 0.328 e. The van der Waals surface area contributed by atoms with Crippen molar-refractivity contribution >= 4 is 21.7 Å². The molecule has 1 heterocycles. The Morgan fingerprint density at radius 1 is 1.43 bits per heavy atom. The molecular weight excluding hydrogens is 292 g/mol. The first kappa shape index (κ1) is 15.8. The zero-order chi connectivity index (χ0) is 15.5. The van der Waals surface area contributed by atoms with Crippen molar-refractivity contribution in [3.8, 4) is 0 Å². The van der Waals surface area contributed by atoms with E-state index < -0.39 is 16.1 Å². The summed E-state index contributed by atoms with van der Waals surface area (Å²) < 4.78 is 31.7. The average molecular weight is 312 g/mol. The van der Waals surface area contributed by atoms with Gasteiger partial charge in [-0.3, -0.25) is 0 Å². The van der Waals surface area contributed by atoms with E-state index in [9.17, 15) is 13.2 Å². The zero-order valence-electron chi connectivity index (χ0n) is 12.2. The van der Waals surface area contributed by atoms with Gasteiger partial charge < -0.3 is 9.64 Å².